The molecule has 2 fully saturated rings. The van der Waals surface area contributed by atoms with E-state index in [1.165, 1.54) is 24.1 Å². The van der Waals surface area contributed by atoms with Crippen molar-refractivity contribution in [1.82, 2.24) is 10.2 Å². The summed E-state index contributed by atoms with van der Waals surface area (Å²) in [5.41, 5.74) is 2.50. The molecule has 4 heteroatoms. The van der Waals surface area contributed by atoms with Crippen LogP contribution in [0.4, 0.5) is 5.69 Å². The number of hydrogen-bond acceptors (Lipinski definition) is 3. The Labute approximate surface area is 158 Å². The second kappa shape index (κ2) is 8.90. The zero-order valence-electron chi connectivity index (χ0n) is 16.7. The van der Waals surface area contributed by atoms with E-state index >= 15 is 0 Å². The van der Waals surface area contributed by atoms with Crippen molar-refractivity contribution in [2.75, 3.05) is 38.1 Å². The molecule has 1 N–H and O–H groups in total. The molecule has 2 aliphatic heterocycles. The van der Waals surface area contributed by atoms with E-state index in [1.807, 2.05) is 0 Å². The molecule has 1 aromatic rings. The molecule has 0 bridgehead atoms. The van der Waals surface area contributed by atoms with Gasteiger partial charge < -0.3 is 15.1 Å². The van der Waals surface area contributed by atoms with Crippen LogP contribution in [0.1, 0.15) is 57.6 Å². The second-order valence-corrected chi connectivity index (χ2v) is 8.50. The predicted molar refractivity (Wildman–Crippen MR) is 108 cm³/mol. The Morgan fingerprint density at radius 3 is 2.31 bits per heavy atom. The van der Waals surface area contributed by atoms with Crippen molar-refractivity contribution in [3.05, 3.63) is 29.8 Å². The standard InChI is InChI=1S/C22H35N3O/c1-17-8-14-25(15-9-17)21-6-4-20(5-7-21)18(2)23-22(26)16-19-10-12-24(3)13-11-19/h4-7,17-19H,8-16H2,1-3H3,(H,23,26). The smallest absolute Gasteiger partial charge is 0.220 e. The summed E-state index contributed by atoms with van der Waals surface area (Å²) in [4.78, 5) is 17.2. The zero-order chi connectivity index (χ0) is 18.5. The molecular formula is C22H35N3O. The molecule has 3 rings (SSSR count). The van der Waals surface area contributed by atoms with Crippen LogP contribution in [0.2, 0.25) is 0 Å². The molecule has 0 aliphatic carbocycles. The zero-order valence-corrected chi connectivity index (χ0v) is 16.7. The Hall–Kier alpha value is -1.55. The van der Waals surface area contributed by atoms with E-state index in [2.05, 4.69) is 60.3 Å². The van der Waals surface area contributed by atoms with E-state index in [0.29, 0.717) is 12.3 Å². The third-order valence-electron chi connectivity index (χ3n) is 6.23. The summed E-state index contributed by atoms with van der Waals surface area (Å²) in [5, 5.41) is 3.19. The summed E-state index contributed by atoms with van der Waals surface area (Å²) in [6, 6.07) is 8.85. The monoisotopic (exact) mass is 357 g/mol. The summed E-state index contributed by atoms with van der Waals surface area (Å²) >= 11 is 0. The number of hydrogen-bond donors (Lipinski definition) is 1. The molecule has 4 nitrogen and oxygen atoms in total. The highest BCUT2D eigenvalue weighted by Crippen LogP contribution is 2.25. The van der Waals surface area contributed by atoms with E-state index in [-0.39, 0.29) is 11.9 Å². The normalized spacial score (nSPS) is 21.6. The fraction of sp³-hybridized carbons (Fsp3) is 0.682. The maximum absolute atomic E-state index is 12.4. The summed E-state index contributed by atoms with van der Waals surface area (Å²) in [5.74, 6) is 1.59. The number of carbonyl (C=O) groups excluding carboxylic acids is 1. The van der Waals surface area contributed by atoms with Gasteiger partial charge in [-0.15, -0.1) is 0 Å². The minimum Gasteiger partial charge on any atom is -0.372 e. The maximum atomic E-state index is 12.4. The van der Waals surface area contributed by atoms with Crippen molar-refractivity contribution in [3.63, 3.8) is 0 Å². The van der Waals surface area contributed by atoms with Crippen molar-refractivity contribution >= 4 is 11.6 Å². The van der Waals surface area contributed by atoms with Gasteiger partial charge in [-0.25, -0.2) is 0 Å². The lowest BCUT2D eigenvalue weighted by Gasteiger charge is -2.32. The Morgan fingerprint density at radius 1 is 1.08 bits per heavy atom. The lowest BCUT2D eigenvalue weighted by atomic mass is 9.93. The summed E-state index contributed by atoms with van der Waals surface area (Å²) in [6.45, 7) is 8.97. The van der Waals surface area contributed by atoms with Crippen LogP contribution in [0, 0.1) is 11.8 Å². The lowest BCUT2D eigenvalue weighted by molar-refractivity contribution is -0.123. The maximum Gasteiger partial charge on any atom is 0.220 e. The first kappa shape index (κ1) is 19.2. The van der Waals surface area contributed by atoms with Crippen LogP contribution in [-0.4, -0.2) is 44.0 Å². The molecule has 1 aromatic carbocycles. The third-order valence-corrected chi connectivity index (χ3v) is 6.23. The quantitative estimate of drug-likeness (QED) is 0.870. The number of likely N-dealkylation sites (tertiary alicyclic amines) is 1. The first-order valence-corrected chi connectivity index (χ1v) is 10.3. The van der Waals surface area contributed by atoms with Gasteiger partial charge in [0.15, 0.2) is 0 Å². The van der Waals surface area contributed by atoms with Gasteiger partial charge in [-0.2, -0.15) is 0 Å². The highest BCUT2D eigenvalue weighted by molar-refractivity contribution is 5.76. The number of amides is 1. The largest absolute Gasteiger partial charge is 0.372 e. The van der Waals surface area contributed by atoms with E-state index in [9.17, 15) is 4.79 Å². The van der Waals surface area contributed by atoms with Crippen molar-refractivity contribution in [2.45, 2.75) is 52.0 Å². The molecule has 1 atom stereocenters. The minimum atomic E-state index is 0.0733. The van der Waals surface area contributed by atoms with Gasteiger partial charge in [0.1, 0.15) is 0 Å². The van der Waals surface area contributed by atoms with Crippen LogP contribution in [0.5, 0.6) is 0 Å². The third kappa shape index (κ3) is 5.23. The summed E-state index contributed by atoms with van der Waals surface area (Å²) < 4.78 is 0. The average molecular weight is 358 g/mol. The Bertz CT molecular complexity index is 570. The van der Waals surface area contributed by atoms with Gasteiger partial charge in [0.2, 0.25) is 5.91 Å². The van der Waals surface area contributed by atoms with Crippen LogP contribution in [0.3, 0.4) is 0 Å². The van der Waals surface area contributed by atoms with E-state index in [4.69, 9.17) is 0 Å². The molecule has 1 amide bonds. The van der Waals surface area contributed by atoms with Crippen molar-refractivity contribution in [1.29, 1.82) is 0 Å². The molecule has 0 saturated carbocycles. The molecule has 2 heterocycles. The highest BCUT2D eigenvalue weighted by atomic mass is 16.1. The van der Waals surface area contributed by atoms with Crippen molar-refractivity contribution in [2.24, 2.45) is 11.8 Å². The number of nitrogens with one attached hydrogen (secondary N) is 1. The van der Waals surface area contributed by atoms with E-state index in [1.54, 1.807) is 0 Å². The van der Waals surface area contributed by atoms with Crippen LogP contribution in [-0.2, 0) is 4.79 Å². The number of nitrogens with zero attached hydrogens (tertiary/aromatic N) is 2. The topological polar surface area (TPSA) is 35.6 Å². The summed E-state index contributed by atoms with van der Waals surface area (Å²) in [7, 11) is 2.16. The predicted octanol–water partition coefficient (Wildman–Crippen LogP) is 3.83. The van der Waals surface area contributed by atoms with Crippen LogP contribution in [0.15, 0.2) is 24.3 Å². The van der Waals surface area contributed by atoms with Gasteiger partial charge >= 0.3 is 0 Å². The van der Waals surface area contributed by atoms with Crippen LogP contribution >= 0.6 is 0 Å². The molecule has 1 unspecified atom stereocenters. The minimum absolute atomic E-state index is 0.0733. The van der Waals surface area contributed by atoms with Crippen molar-refractivity contribution < 1.29 is 4.79 Å². The van der Waals surface area contributed by atoms with Gasteiger partial charge in [0, 0.05) is 25.2 Å². The van der Waals surface area contributed by atoms with E-state index < -0.39 is 0 Å². The van der Waals surface area contributed by atoms with Crippen LogP contribution < -0.4 is 10.2 Å². The Kier molecular flexibility index (Phi) is 6.58. The number of anilines is 1. The molecule has 26 heavy (non-hydrogen) atoms. The summed E-state index contributed by atoms with van der Waals surface area (Å²) in [6.07, 6.45) is 5.52. The number of piperidine rings is 2. The number of rotatable bonds is 5. The molecular weight excluding hydrogens is 322 g/mol. The first-order valence-electron chi connectivity index (χ1n) is 10.3. The van der Waals surface area contributed by atoms with Gasteiger partial charge in [-0.05, 0) is 82.3 Å². The van der Waals surface area contributed by atoms with Gasteiger partial charge in [0.25, 0.3) is 0 Å². The highest BCUT2D eigenvalue weighted by Gasteiger charge is 2.21. The average Bonchev–Trinajstić information content (AvgIpc) is 2.64. The Morgan fingerprint density at radius 2 is 1.69 bits per heavy atom. The fourth-order valence-corrected chi connectivity index (χ4v) is 4.15. The second-order valence-electron chi connectivity index (χ2n) is 8.50. The lowest BCUT2D eigenvalue weighted by Crippen LogP contribution is -2.34. The van der Waals surface area contributed by atoms with E-state index in [0.717, 1.165) is 44.9 Å². The Balaban J connectivity index is 1.48. The van der Waals surface area contributed by atoms with Crippen molar-refractivity contribution in [3.8, 4) is 0 Å². The molecule has 144 valence electrons. The number of benzene rings is 1. The molecule has 0 radical (unpaired) electrons. The first-order chi connectivity index (χ1) is 12.5. The van der Waals surface area contributed by atoms with Gasteiger partial charge in [-0.3, -0.25) is 4.79 Å². The SMILES string of the molecule is CC1CCN(c2ccc(C(C)NC(=O)CC3CCN(C)CC3)cc2)CC1. The molecule has 0 spiro atoms. The molecule has 2 saturated heterocycles. The fourth-order valence-electron chi connectivity index (χ4n) is 4.15. The van der Waals surface area contributed by atoms with Gasteiger partial charge in [-0.1, -0.05) is 19.1 Å². The molecule has 2 aliphatic rings. The van der Waals surface area contributed by atoms with Crippen LogP contribution in [0.25, 0.3) is 0 Å². The molecule has 0 aromatic heterocycles. The van der Waals surface area contributed by atoms with Gasteiger partial charge in [0.05, 0.1) is 6.04 Å². The number of carbonyl (C=O) groups is 1.